The van der Waals surface area contributed by atoms with Gasteiger partial charge in [-0.1, -0.05) is 19.1 Å². The molecule has 1 aromatic rings. The Morgan fingerprint density at radius 1 is 1.35 bits per heavy atom. The van der Waals surface area contributed by atoms with E-state index in [1.54, 1.807) is 19.1 Å². The van der Waals surface area contributed by atoms with E-state index in [1.807, 2.05) is 13.8 Å². The van der Waals surface area contributed by atoms with Crippen LogP contribution in [-0.4, -0.2) is 31.8 Å². The molecule has 2 atom stereocenters. The first-order chi connectivity index (χ1) is 9.11. The molecule has 0 heterocycles. The lowest BCUT2D eigenvalue weighted by Crippen LogP contribution is -2.50. The highest BCUT2D eigenvalue weighted by Gasteiger charge is 2.36. The molecule has 112 valence electrons. The average molecular weight is 299 g/mol. The minimum absolute atomic E-state index is 0.0330. The third-order valence-corrected chi connectivity index (χ3v) is 4.56. The Kier molecular flexibility index (Phi) is 4.94. The van der Waals surface area contributed by atoms with Gasteiger partial charge in [0.05, 0.1) is 4.90 Å². The van der Waals surface area contributed by atoms with Crippen molar-refractivity contribution < 1.29 is 18.3 Å². The van der Waals surface area contributed by atoms with E-state index in [1.165, 1.54) is 12.1 Å². The Balaban J connectivity index is 3.20. The van der Waals surface area contributed by atoms with Crippen LogP contribution < -0.4 is 5.32 Å². The number of hydrogen-bond donors (Lipinski definition) is 2. The van der Waals surface area contributed by atoms with E-state index in [0.29, 0.717) is 5.56 Å². The summed E-state index contributed by atoms with van der Waals surface area (Å²) >= 11 is 0. The van der Waals surface area contributed by atoms with Gasteiger partial charge in [0.25, 0.3) is 0 Å². The van der Waals surface area contributed by atoms with Gasteiger partial charge in [-0.15, -0.1) is 0 Å². The lowest BCUT2D eigenvalue weighted by atomic mass is 9.91. The standard InChI is InChI=1S/C14H21NO4S/c1-5-10(2)15-14(3,13(16)17)11-6-8-12(9-7-11)20(4,18)19/h6-10,15H,5H2,1-4H3,(H,16,17). The number of aliphatic carboxylic acids is 1. The second-order valence-corrected chi connectivity index (χ2v) is 7.20. The second-order valence-electron chi connectivity index (χ2n) is 5.18. The molecule has 20 heavy (non-hydrogen) atoms. The number of carboxylic acids is 1. The maximum Gasteiger partial charge on any atom is 0.328 e. The minimum Gasteiger partial charge on any atom is -0.480 e. The number of carbonyl (C=O) groups is 1. The third kappa shape index (κ3) is 3.58. The molecule has 1 rings (SSSR count). The molecule has 0 aliphatic carbocycles. The fourth-order valence-electron chi connectivity index (χ4n) is 1.90. The van der Waals surface area contributed by atoms with Crippen LogP contribution in [0.4, 0.5) is 0 Å². The van der Waals surface area contributed by atoms with Crippen molar-refractivity contribution in [2.75, 3.05) is 6.26 Å². The van der Waals surface area contributed by atoms with Crippen molar-refractivity contribution in [3.05, 3.63) is 29.8 Å². The highest BCUT2D eigenvalue weighted by Crippen LogP contribution is 2.24. The molecule has 0 aliphatic rings. The molecule has 2 unspecified atom stereocenters. The number of nitrogens with one attached hydrogen (secondary N) is 1. The lowest BCUT2D eigenvalue weighted by Gasteiger charge is -2.30. The Labute approximate surface area is 119 Å². The van der Waals surface area contributed by atoms with Crippen molar-refractivity contribution in [3.8, 4) is 0 Å². The van der Waals surface area contributed by atoms with Gasteiger partial charge in [-0.25, -0.2) is 13.2 Å². The first-order valence-electron chi connectivity index (χ1n) is 6.43. The van der Waals surface area contributed by atoms with Crippen LogP contribution in [0.2, 0.25) is 0 Å². The summed E-state index contributed by atoms with van der Waals surface area (Å²) in [6.45, 7) is 5.45. The van der Waals surface area contributed by atoms with Gasteiger partial charge in [-0.2, -0.15) is 0 Å². The summed E-state index contributed by atoms with van der Waals surface area (Å²) in [7, 11) is -3.28. The largest absolute Gasteiger partial charge is 0.480 e. The van der Waals surface area contributed by atoms with Gasteiger partial charge in [0, 0.05) is 12.3 Å². The minimum atomic E-state index is -3.28. The van der Waals surface area contributed by atoms with Crippen molar-refractivity contribution in [2.24, 2.45) is 0 Å². The molecule has 0 aromatic heterocycles. The van der Waals surface area contributed by atoms with Gasteiger partial charge in [-0.05, 0) is 38.0 Å². The summed E-state index contributed by atoms with van der Waals surface area (Å²) in [6.07, 6.45) is 1.92. The van der Waals surface area contributed by atoms with E-state index in [-0.39, 0.29) is 10.9 Å². The molecule has 0 amide bonds. The summed E-state index contributed by atoms with van der Waals surface area (Å²) in [4.78, 5) is 11.8. The van der Waals surface area contributed by atoms with E-state index in [0.717, 1.165) is 12.7 Å². The van der Waals surface area contributed by atoms with Crippen molar-refractivity contribution in [1.82, 2.24) is 5.32 Å². The van der Waals surface area contributed by atoms with Crippen molar-refractivity contribution in [2.45, 2.75) is 43.7 Å². The second kappa shape index (κ2) is 5.93. The molecular weight excluding hydrogens is 278 g/mol. The van der Waals surface area contributed by atoms with Crippen LogP contribution >= 0.6 is 0 Å². The number of carboxylic acid groups (broad SMARTS) is 1. The summed E-state index contributed by atoms with van der Waals surface area (Å²) in [5.41, 5.74) is -0.719. The van der Waals surface area contributed by atoms with E-state index < -0.39 is 21.3 Å². The molecule has 6 heteroatoms. The molecular formula is C14H21NO4S. The predicted octanol–water partition coefficient (Wildman–Crippen LogP) is 1.78. The Bertz CT molecular complexity index is 580. The topological polar surface area (TPSA) is 83.5 Å². The highest BCUT2D eigenvalue weighted by atomic mass is 32.2. The summed E-state index contributed by atoms with van der Waals surface area (Å²) in [5.74, 6) is -0.995. The molecule has 0 bridgehead atoms. The third-order valence-electron chi connectivity index (χ3n) is 3.43. The average Bonchev–Trinajstić information content (AvgIpc) is 2.37. The maximum absolute atomic E-state index is 11.6. The zero-order valence-corrected chi connectivity index (χ0v) is 13.0. The van der Waals surface area contributed by atoms with Crippen LogP contribution in [0.1, 0.15) is 32.8 Å². The summed E-state index contributed by atoms with van der Waals surface area (Å²) in [6, 6.07) is 5.99. The maximum atomic E-state index is 11.6. The molecule has 5 nitrogen and oxygen atoms in total. The number of rotatable bonds is 6. The fourth-order valence-corrected chi connectivity index (χ4v) is 2.53. The molecule has 0 aliphatic heterocycles. The molecule has 0 fully saturated rings. The normalized spacial score (nSPS) is 16.4. The molecule has 1 aromatic carbocycles. The number of sulfone groups is 1. The van der Waals surface area contributed by atoms with Crippen LogP contribution in [0.15, 0.2) is 29.2 Å². The SMILES string of the molecule is CCC(C)NC(C)(C(=O)O)c1ccc(S(C)(=O)=O)cc1. The number of benzene rings is 1. The van der Waals surface area contributed by atoms with Crippen molar-refractivity contribution in [3.63, 3.8) is 0 Å². The molecule has 2 N–H and O–H groups in total. The Hall–Kier alpha value is -1.40. The van der Waals surface area contributed by atoms with Gasteiger partial charge in [0.2, 0.25) is 0 Å². The van der Waals surface area contributed by atoms with Crippen LogP contribution in [0.5, 0.6) is 0 Å². The quantitative estimate of drug-likeness (QED) is 0.836. The molecule has 0 radical (unpaired) electrons. The van der Waals surface area contributed by atoms with Gasteiger partial charge < -0.3 is 5.11 Å². The van der Waals surface area contributed by atoms with Crippen LogP contribution in [0.3, 0.4) is 0 Å². The van der Waals surface area contributed by atoms with Crippen LogP contribution in [-0.2, 0) is 20.2 Å². The fraction of sp³-hybridized carbons (Fsp3) is 0.500. The number of hydrogen-bond acceptors (Lipinski definition) is 4. The van der Waals surface area contributed by atoms with E-state index in [4.69, 9.17) is 0 Å². The Morgan fingerprint density at radius 2 is 1.85 bits per heavy atom. The summed E-state index contributed by atoms with van der Waals surface area (Å²) < 4.78 is 22.8. The zero-order valence-electron chi connectivity index (χ0n) is 12.2. The molecule has 0 saturated carbocycles. The van der Waals surface area contributed by atoms with E-state index >= 15 is 0 Å². The van der Waals surface area contributed by atoms with Crippen molar-refractivity contribution in [1.29, 1.82) is 0 Å². The van der Waals surface area contributed by atoms with Gasteiger partial charge in [-0.3, -0.25) is 5.32 Å². The van der Waals surface area contributed by atoms with E-state index in [9.17, 15) is 18.3 Å². The van der Waals surface area contributed by atoms with Gasteiger partial charge in [0.15, 0.2) is 9.84 Å². The first-order valence-corrected chi connectivity index (χ1v) is 8.32. The van der Waals surface area contributed by atoms with Gasteiger partial charge in [0.1, 0.15) is 5.54 Å². The predicted molar refractivity (Wildman–Crippen MR) is 77.4 cm³/mol. The van der Waals surface area contributed by atoms with Gasteiger partial charge >= 0.3 is 5.97 Å². The zero-order chi connectivity index (χ0) is 15.6. The highest BCUT2D eigenvalue weighted by molar-refractivity contribution is 7.90. The monoisotopic (exact) mass is 299 g/mol. The first kappa shape index (κ1) is 16.7. The van der Waals surface area contributed by atoms with Crippen molar-refractivity contribution >= 4 is 15.8 Å². The molecule has 0 spiro atoms. The lowest BCUT2D eigenvalue weighted by molar-refractivity contribution is -0.145. The van der Waals surface area contributed by atoms with Crippen LogP contribution in [0, 0.1) is 0 Å². The summed E-state index contributed by atoms with van der Waals surface area (Å²) in [5, 5.41) is 12.5. The molecule has 0 saturated heterocycles. The smallest absolute Gasteiger partial charge is 0.328 e. The Morgan fingerprint density at radius 3 is 2.20 bits per heavy atom. The van der Waals surface area contributed by atoms with Crippen LogP contribution in [0.25, 0.3) is 0 Å². The van der Waals surface area contributed by atoms with E-state index in [2.05, 4.69) is 5.32 Å².